The maximum Gasteiger partial charge on any atom is 0.261 e. The quantitative estimate of drug-likeness (QED) is 0.868. The molecule has 1 rings (SSSR count). The standard InChI is InChI=1S/C14H20ClNO3S/c1-6-10(4)16-14(17)12-8(2)7-9(3)13(11(12)5)20(15,18)19/h7,10H,6H2,1-5H3,(H,16,17). The van der Waals surface area contributed by atoms with E-state index in [1.54, 1.807) is 26.8 Å². The predicted octanol–water partition coefficient (Wildman–Crippen LogP) is 3.07. The van der Waals surface area contributed by atoms with E-state index in [1.807, 2.05) is 13.8 Å². The number of carbonyl (C=O) groups is 1. The maximum atomic E-state index is 12.3. The number of hydrogen-bond acceptors (Lipinski definition) is 3. The first kappa shape index (κ1) is 17.0. The molecule has 1 aromatic carbocycles. The minimum absolute atomic E-state index is 0.0265. The number of carbonyl (C=O) groups excluding carboxylic acids is 1. The van der Waals surface area contributed by atoms with Crippen LogP contribution in [-0.4, -0.2) is 20.4 Å². The zero-order valence-corrected chi connectivity index (χ0v) is 13.9. The lowest BCUT2D eigenvalue weighted by Crippen LogP contribution is -2.33. The third-order valence-corrected chi connectivity index (χ3v) is 4.94. The van der Waals surface area contributed by atoms with Crippen molar-refractivity contribution in [1.29, 1.82) is 0 Å². The highest BCUT2D eigenvalue weighted by Gasteiger charge is 2.24. The summed E-state index contributed by atoms with van der Waals surface area (Å²) >= 11 is 0. The molecule has 0 heterocycles. The molecular weight excluding hydrogens is 298 g/mol. The first-order valence-corrected chi connectivity index (χ1v) is 8.76. The highest BCUT2D eigenvalue weighted by molar-refractivity contribution is 8.13. The lowest BCUT2D eigenvalue weighted by atomic mass is 9.98. The van der Waals surface area contributed by atoms with Crippen molar-refractivity contribution in [2.45, 2.75) is 52.0 Å². The second-order valence-electron chi connectivity index (χ2n) is 5.06. The number of aryl methyl sites for hydroxylation is 2. The summed E-state index contributed by atoms with van der Waals surface area (Å²) < 4.78 is 23.3. The van der Waals surface area contributed by atoms with Crippen LogP contribution in [0.2, 0.25) is 0 Å². The molecule has 0 saturated heterocycles. The summed E-state index contributed by atoms with van der Waals surface area (Å²) in [6.07, 6.45) is 0.802. The first-order chi connectivity index (χ1) is 9.09. The minimum Gasteiger partial charge on any atom is -0.350 e. The maximum absolute atomic E-state index is 12.3. The van der Waals surface area contributed by atoms with Crippen LogP contribution in [0.25, 0.3) is 0 Å². The average Bonchev–Trinajstić information content (AvgIpc) is 2.25. The Balaban J connectivity index is 3.46. The molecule has 1 amide bonds. The Labute approximate surface area is 124 Å². The van der Waals surface area contributed by atoms with Crippen molar-refractivity contribution in [3.05, 3.63) is 28.3 Å². The molecule has 0 bridgehead atoms. The largest absolute Gasteiger partial charge is 0.350 e. The fourth-order valence-electron chi connectivity index (χ4n) is 2.29. The Hall–Kier alpha value is -1.07. The van der Waals surface area contributed by atoms with Crippen LogP contribution < -0.4 is 5.32 Å². The van der Waals surface area contributed by atoms with Gasteiger partial charge in [0.15, 0.2) is 0 Å². The topological polar surface area (TPSA) is 63.2 Å². The van der Waals surface area contributed by atoms with Gasteiger partial charge in [-0.05, 0) is 50.8 Å². The van der Waals surface area contributed by atoms with Crippen molar-refractivity contribution >= 4 is 25.6 Å². The Kier molecular flexibility index (Phi) is 5.21. The highest BCUT2D eigenvalue weighted by Crippen LogP contribution is 2.28. The van der Waals surface area contributed by atoms with E-state index in [4.69, 9.17) is 10.7 Å². The Morgan fingerprint density at radius 2 is 1.85 bits per heavy atom. The molecule has 112 valence electrons. The summed E-state index contributed by atoms with van der Waals surface area (Å²) in [5.74, 6) is -0.268. The van der Waals surface area contributed by atoms with Crippen molar-refractivity contribution in [3.8, 4) is 0 Å². The minimum atomic E-state index is -3.88. The van der Waals surface area contributed by atoms with Gasteiger partial charge in [0.1, 0.15) is 0 Å². The second kappa shape index (κ2) is 6.14. The van der Waals surface area contributed by atoms with Crippen LogP contribution >= 0.6 is 10.7 Å². The molecular formula is C14H20ClNO3S. The molecule has 0 aliphatic heterocycles. The SMILES string of the molecule is CCC(C)NC(=O)c1c(C)cc(C)c(S(=O)(=O)Cl)c1C. The van der Waals surface area contributed by atoms with Crippen molar-refractivity contribution in [2.24, 2.45) is 0 Å². The summed E-state index contributed by atoms with van der Waals surface area (Å²) in [4.78, 5) is 12.3. The molecule has 0 radical (unpaired) electrons. The Morgan fingerprint density at radius 3 is 2.30 bits per heavy atom. The summed E-state index contributed by atoms with van der Waals surface area (Å²) in [6.45, 7) is 8.94. The van der Waals surface area contributed by atoms with Gasteiger partial charge < -0.3 is 5.32 Å². The Morgan fingerprint density at radius 1 is 1.30 bits per heavy atom. The lowest BCUT2D eigenvalue weighted by Gasteiger charge is -2.17. The number of rotatable bonds is 4. The monoisotopic (exact) mass is 317 g/mol. The molecule has 1 aromatic rings. The molecule has 0 spiro atoms. The van der Waals surface area contributed by atoms with Gasteiger partial charge in [0.25, 0.3) is 15.0 Å². The van der Waals surface area contributed by atoms with E-state index in [1.165, 1.54) is 0 Å². The normalized spacial score (nSPS) is 13.1. The highest BCUT2D eigenvalue weighted by atomic mass is 35.7. The van der Waals surface area contributed by atoms with Crippen molar-refractivity contribution < 1.29 is 13.2 Å². The van der Waals surface area contributed by atoms with E-state index < -0.39 is 9.05 Å². The van der Waals surface area contributed by atoms with E-state index >= 15 is 0 Å². The molecule has 4 nitrogen and oxygen atoms in total. The number of halogens is 1. The Bertz CT molecular complexity index is 638. The van der Waals surface area contributed by atoms with Crippen LogP contribution in [0.15, 0.2) is 11.0 Å². The van der Waals surface area contributed by atoms with Gasteiger partial charge in [0, 0.05) is 22.3 Å². The molecule has 1 N–H and O–H groups in total. The molecule has 0 aliphatic rings. The number of nitrogens with one attached hydrogen (secondary N) is 1. The van der Waals surface area contributed by atoms with Gasteiger partial charge in [-0.3, -0.25) is 4.79 Å². The summed E-state index contributed by atoms with van der Waals surface area (Å²) in [5, 5.41) is 2.85. The number of amides is 1. The van der Waals surface area contributed by atoms with E-state index in [0.29, 0.717) is 16.7 Å². The van der Waals surface area contributed by atoms with E-state index in [-0.39, 0.29) is 16.8 Å². The zero-order chi connectivity index (χ0) is 15.7. The molecule has 1 unspecified atom stereocenters. The van der Waals surface area contributed by atoms with Gasteiger partial charge in [-0.15, -0.1) is 0 Å². The van der Waals surface area contributed by atoms with Crippen molar-refractivity contribution in [3.63, 3.8) is 0 Å². The summed E-state index contributed by atoms with van der Waals surface area (Å²) in [7, 11) is 1.59. The van der Waals surface area contributed by atoms with Gasteiger partial charge >= 0.3 is 0 Å². The smallest absolute Gasteiger partial charge is 0.261 e. The van der Waals surface area contributed by atoms with Crippen LogP contribution in [0, 0.1) is 20.8 Å². The van der Waals surface area contributed by atoms with Gasteiger partial charge in [0.05, 0.1) is 4.90 Å². The van der Waals surface area contributed by atoms with E-state index in [0.717, 1.165) is 12.0 Å². The first-order valence-electron chi connectivity index (χ1n) is 6.45. The van der Waals surface area contributed by atoms with Crippen LogP contribution in [0.3, 0.4) is 0 Å². The van der Waals surface area contributed by atoms with E-state index in [2.05, 4.69) is 5.32 Å². The molecule has 0 aliphatic carbocycles. The lowest BCUT2D eigenvalue weighted by molar-refractivity contribution is 0.0938. The summed E-state index contributed by atoms with van der Waals surface area (Å²) in [5.41, 5.74) is 2.08. The van der Waals surface area contributed by atoms with Crippen molar-refractivity contribution in [1.82, 2.24) is 5.32 Å². The second-order valence-corrected chi connectivity index (χ2v) is 7.56. The fraction of sp³-hybridized carbons (Fsp3) is 0.500. The molecule has 6 heteroatoms. The van der Waals surface area contributed by atoms with Crippen molar-refractivity contribution in [2.75, 3.05) is 0 Å². The van der Waals surface area contributed by atoms with Crippen LogP contribution in [0.5, 0.6) is 0 Å². The van der Waals surface area contributed by atoms with Gasteiger partial charge in [-0.1, -0.05) is 13.0 Å². The molecule has 0 fully saturated rings. The fourth-order valence-corrected chi connectivity index (χ4v) is 3.91. The third kappa shape index (κ3) is 3.52. The van der Waals surface area contributed by atoms with Crippen LogP contribution in [0.4, 0.5) is 0 Å². The zero-order valence-electron chi connectivity index (χ0n) is 12.4. The summed E-state index contributed by atoms with van der Waals surface area (Å²) in [6, 6.07) is 1.70. The molecule has 20 heavy (non-hydrogen) atoms. The average molecular weight is 318 g/mol. The van der Waals surface area contributed by atoms with Crippen LogP contribution in [0.1, 0.15) is 47.3 Å². The van der Waals surface area contributed by atoms with E-state index in [9.17, 15) is 13.2 Å². The van der Waals surface area contributed by atoms with Crippen LogP contribution in [-0.2, 0) is 9.05 Å². The molecule has 0 aromatic heterocycles. The van der Waals surface area contributed by atoms with Gasteiger partial charge in [0.2, 0.25) is 0 Å². The third-order valence-electron chi connectivity index (χ3n) is 3.36. The number of hydrogen-bond donors (Lipinski definition) is 1. The predicted molar refractivity (Wildman–Crippen MR) is 80.9 cm³/mol. The van der Waals surface area contributed by atoms with Gasteiger partial charge in [-0.25, -0.2) is 8.42 Å². The van der Waals surface area contributed by atoms with Gasteiger partial charge in [-0.2, -0.15) is 0 Å². The number of benzene rings is 1. The molecule has 0 saturated carbocycles. The molecule has 1 atom stereocenters.